The number of β-amino-alcohol motifs (C(OH)–C–C–N with tert-alkyl or cyclic N) is 1. The second kappa shape index (κ2) is 11.1. The van der Waals surface area contributed by atoms with E-state index in [1.165, 1.54) is 4.31 Å². The summed E-state index contributed by atoms with van der Waals surface area (Å²) < 4.78 is 34.2. The van der Waals surface area contributed by atoms with Gasteiger partial charge in [0.15, 0.2) is 0 Å². The Morgan fingerprint density at radius 3 is 2.57 bits per heavy atom. The molecule has 0 spiro atoms. The van der Waals surface area contributed by atoms with Crippen molar-refractivity contribution in [2.45, 2.75) is 62.9 Å². The maximum absolute atomic E-state index is 13.5. The number of carbonyl (C=O) groups excluding carboxylic acids is 1. The van der Waals surface area contributed by atoms with E-state index in [2.05, 4.69) is 23.0 Å². The maximum Gasteiger partial charge on any atom is 0.243 e. The fraction of sp³-hybridized carbons (Fsp3) is 0.696. The minimum atomic E-state index is -3.73. The summed E-state index contributed by atoms with van der Waals surface area (Å²) in [6.45, 7) is 8.85. The smallest absolute Gasteiger partial charge is 0.243 e. The van der Waals surface area contributed by atoms with Gasteiger partial charge in [0.1, 0.15) is 18.0 Å². The summed E-state index contributed by atoms with van der Waals surface area (Å²) in [6, 6.07) is 4.49. The number of nitrogens with zero attached hydrogens (tertiary/aromatic N) is 3. The Morgan fingerprint density at radius 1 is 1.17 bits per heavy atom. The summed E-state index contributed by atoms with van der Waals surface area (Å²) in [7, 11) is -3.73. The molecule has 4 unspecified atom stereocenters. The van der Waals surface area contributed by atoms with Crippen LogP contribution < -0.4 is 20.8 Å². The molecular formula is C23H38N6O5S. The van der Waals surface area contributed by atoms with Gasteiger partial charge in [-0.05, 0) is 38.5 Å². The van der Waals surface area contributed by atoms with E-state index in [4.69, 9.17) is 9.84 Å². The van der Waals surface area contributed by atoms with Crippen LogP contribution in [-0.2, 0) is 14.8 Å². The molecule has 4 N–H and O–H groups in total. The van der Waals surface area contributed by atoms with Crippen molar-refractivity contribution >= 4 is 15.9 Å². The van der Waals surface area contributed by atoms with Gasteiger partial charge in [-0.3, -0.25) is 15.0 Å². The Labute approximate surface area is 207 Å². The van der Waals surface area contributed by atoms with Crippen LogP contribution in [0.2, 0.25) is 0 Å². The summed E-state index contributed by atoms with van der Waals surface area (Å²) in [4.78, 5) is 15.3. The largest absolute Gasteiger partial charge is 0.493 e. The van der Waals surface area contributed by atoms with Crippen molar-refractivity contribution in [3.05, 3.63) is 23.8 Å². The molecule has 4 rings (SSSR count). The molecule has 1 aromatic carbocycles. The second-order valence-corrected chi connectivity index (χ2v) is 11.2. The number of fused-ring (bicyclic) bond motifs is 1. The van der Waals surface area contributed by atoms with Crippen molar-refractivity contribution in [1.29, 1.82) is 0 Å². The molecule has 0 saturated carbocycles. The summed E-state index contributed by atoms with van der Waals surface area (Å²) in [5.74, 6) is 0.422. The van der Waals surface area contributed by atoms with Gasteiger partial charge in [0.05, 0.1) is 24.3 Å². The van der Waals surface area contributed by atoms with E-state index in [9.17, 15) is 13.2 Å². The highest BCUT2D eigenvalue weighted by molar-refractivity contribution is 7.89. The Kier molecular flexibility index (Phi) is 8.31. The monoisotopic (exact) mass is 510 g/mol. The fourth-order valence-corrected chi connectivity index (χ4v) is 6.63. The number of benzene rings is 1. The zero-order valence-corrected chi connectivity index (χ0v) is 21.6. The van der Waals surface area contributed by atoms with Crippen molar-refractivity contribution in [2.75, 3.05) is 45.9 Å². The molecule has 196 valence electrons. The quantitative estimate of drug-likeness (QED) is 0.357. The number of nitrogens with one attached hydrogen (secondary N) is 3. The molecule has 0 aliphatic carbocycles. The van der Waals surface area contributed by atoms with Crippen LogP contribution in [0.25, 0.3) is 0 Å². The molecule has 3 aliphatic rings. The number of aliphatic hydroxyl groups excluding tert-OH is 1. The lowest BCUT2D eigenvalue weighted by Gasteiger charge is -2.39. The van der Waals surface area contributed by atoms with Crippen LogP contribution in [0.4, 0.5) is 0 Å². The van der Waals surface area contributed by atoms with Crippen LogP contribution in [-0.4, -0.2) is 97.8 Å². The first-order valence-corrected chi connectivity index (χ1v) is 13.9. The van der Waals surface area contributed by atoms with Crippen molar-refractivity contribution in [3.8, 4) is 5.75 Å². The molecule has 12 heteroatoms. The Bertz CT molecular complexity index is 1000. The molecule has 3 heterocycles. The minimum Gasteiger partial charge on any atom is -0.493 e. The molecule has 11 nitrogen and oxygen atoms in total. The maximum atomic E-state index is 13.5. The SMILES string of the molecule is CCCC1NC(C)C2C(=O)NC(c3cc(S(=O)(=O)N4CCN(CCO)CC4)ccc3OCC)NN12. The zero-order valence-electron chi connectivity index (χ0n) is 20.7. The topological polar surface area (TPSA) is 126 Å². The van der Waals surface area contributed by atoms with E-state index in [1.54, 1.807) is 18.2 Å². The predicted molar refractivity (Wildman–Crippen MR) is 131 cm³/mol. The average molecular weight is 511 g/mol. The number of hydrogen-bond acceptors (Lipinski definition) is 9. The molecule has 3 saturated heterocycles. The highest BCUT2D eigenvalue weighted by Crippen LogP contribution is 2.32. The van der Waals surface area contributed by atoms with E-state index < -0.39 is 16.2 Å². The van der Waals surface area contributed by atoms with Gasteiger partial charge in [-0.1, -0.05) is 13.3 Å². The van der Waals surface area contributed by atoms with Crippen LogP contribution in [0.1, 0.15) is 45.3 Å². The summed E-state index contributed by atoms with van der Waals surface area (Å²) in [6.07, 6.45) is 1.22. The van der Waals surface area contributed by atoms with Crippen molar-refractivity contribution in [1.82, 2.24) is 30.3 Å². The third-order valence-corrected chi connectivity index (χ3v) is 8.83. The number of hydrazine groups is 1. The van der Waals surface area contributed by atoms with Gasteiger partial charge in [0.25, 0.3) is 0 Å². The molecule has 4 atom stereocenters. The summed E-state index contributed by atoms with van der Waals surface area (Å²) >= 11 is 0. The Balaban J connectivity index is 1.61. The second-order valence-electron chi connectivity index (χ2n) is 9.28. The van der Waals surface area contributed by atoms with Gasteiger partial charge >= 0.3 is 0 Å². The van der Waals surface area contributed by atoms with Crippen LogP contribution in [0, 0.1) is 0 Å². The van der Waals surface area contributed by atoms with E-state index in [0.29, 0.717) is 50.6 Å². The van der Waals surface area contributed by atoms with E-state index in [0.717, 1.165) is 12.8 Å². The summed E-state index contributed by atoms with van der Waals surface area (Å²) in [5.41, 5.74) is 4.00. The van der Waals surface area contributed by atoms with Gasteiger partial charge in [-0.15, -0.1) is 0 Å². The predicted octanol–water partition coefficient (Wildman–Crippen LogP) is -0.195. The number of ether oxygens (including phenoxy) is 1. The van der Waals surface area contributed by atoms with E-state index in [1.807, 2.05) is 23.8 Å². The lowest BCUT2D eigenvalue weighted by atomic mass is 10.1. The van der Waals surface area contributed by atoms with Gasteiger partial charge < -0.3 is 15.2 Å². The molecule has 3 aliphatic heterocycles. The molecule has 1 aromatic rings. The summed E-state index contributed by atoms with van der Waals surface area (Å²) in [5, 5.41) is 17.6. The van der Waals surface area contributed by atoms with E-state index >= 15 is 0 Å². The van der Waals surface area contributed by atoms with Crippen LogP contribution in [0.3, 0.4) is 0 Å². The van der Waals surface area contributed by atoms with Crippen molar-refractivity contribution in [3.63, 3.8) is 0 Å². The van der Waals surface area contributed by atoms with E-state index in [-0.39, 0.29) is 35.7 Å². The minimum absolute atomic E-state index is 0.00576. The first kappa shape index (κ1) is 26.3. The average Bonchev–Trinajstić information content (AvgIpc) is 3.15. The molecule has 1 amide bonds. The number of sulfonamides is 1. The zero-order chi connectivity index (χ0) is 25.2. The molecule has 3 fully saturated rings. The third kappa shape index (κ3) is 5.33. The first-order valence-electron chi connectivity index (χ1n) is 12.5. The lowest BCUT2D eigenvalue weighted by Crippen LogP contribution is -2.64. The number of carbonyl (C=O) groups is 1. The van der Waals surface area contributed by atoms with Gasteiger partial charge in [0, 0.05) is 44.3 Å². The number of rotatable bonds is 9. The van der Waals surface area contributed by atoms with Gasteiger partial charge in [-0.2, -0.15) is 4.31 Å². The number of aliphatic hydroxyl groups is 1. The van der Waals surface area contributed by atoms with Crippen molar-refractivity contribution < 1.29 is 23.1 Å². The Morgan fingerprint density at radius 2 is 1.91 bits per heavy atom. The lowest BCUT2D eigenvalue weighted by molar-refractivity contribution is -0.134. The normalized spacial score (nSPS) is 28.6. The molecule has 0 aromatic heterocycles. The van der Waals surface area contributed by atoms with Crippen LogP contribution in [0.15, 0.2) is 23.1 Å². The van der Waals surface area contributed by atoms with Gasteiger partial charge in [0.2, 0.25) is 15.9 Å². The van der Waals surface area contributed by atoms with Crippen LogP contribution >= 0.6 is 0 Å². The number of hydrogen-bond donors (Lipinski definition) is 4. The number of amides is 1. The third-order valence-electron chi connectivity index (χ3n) is 6.94. The van der Waals surface area contributed by atoms with Crippen LogP contribution in [0.5, 0.6) is 5.75 Å². The fourth-order valence-electron chi connectivity index (χ4n) is 5.17. The molecule has 35 heavy (non-hydrogen) atoms. The first-order chi connectivity index (χ1) is 16.8. The number of piperazine rings is 1. The van der Waals surface area contributed by atoms with Crippen molar-refractivity contribution in [2.24, 2.45) is 0 Å². The highest BCUT2D eigenvalue weighted by Gasteiger charge is 2.47. The Hall–Kier alpha value is -1.80. The molecule has 0 radical (unpaired) electrons. The highest BCUT2D eigenvalue weighted by atomic mass is 32.2. The molecule has 0 bridgehead atoms. The molecular weight excluding hydrogens is 472 g/mol. The van der Waals surface area contributed by atoms with Gasteiger partial charge in [-0.25, -0.2) is 18.9 Å². The standard InChI is InChI=1S/C23H38N6O5S/c1-4-6-20-24-16(3)21-23(31)25-22(26-29(20)21)18-15-17(7-8-19(18)34-5-2)35(32,33)28-11-9-27(10-12-28)13-14-30/h7-8,15-16,20-22,24,26,30H,4-6,9-14H2,1-3H3,(H,25,31).